The smallest absolute Gasteiger partial charge is 0.356 e. The number of esters is 2. The number of aromatic nitrogens is 1. The highest BCUT2D eigenvalue weighted by atomic mass is 32.1. The average molecular weight is 544 g/mol. The van der Waals surface area contributed by atoms with E-state index in [1.807, 2.05) is 37.3 Å². The van der Waals surface area contributed by atoms with Crippen molar-refractivity contribution in [3.8, 4) is 17.2 Å². The molecule has 0 aliphatic heterocycles. The van der Waals surface area contributed by atoms with Gasteiger partial charge in [-0.25, -0.2) is 9.59 Å². The molecule has 0 radical (unpaired) electrons. The van der Waals surface area contributed by atoms with Gasteiger partial charge in [-0.3, -0.25) is 9.59 Å². The Kier molecular flexibility index (Phi) is 7.93. The van der Waals surface area contributed by atoms with Gasteiger partial charge in [0.1, 0.15) is 21.6 Å². The predicted octanol–water partition coefficient (Wildman–Crippen LogP) is 4.73. The largest absolute Gasteiger partial charge is 0.462 e. The highest BCUT2D eigenvalue weighted by Gasteiger charge is 2.25. The Morgan fingerprint density at radius 2 is 1.67 bits per heavy atom. The average Bonchev–Trinajstić information content (AvgIpc) is 3.24. The summed E-state index contributed by atoms with van der Waals surface area (Å²) in [5.74, 6) is -2.16. The van der Waals surface area contributed by atoms with E-state index in [4.69, 9.17) is 9.47 Å². The van der Waals surface area contributed by atoms with Gasteiger partial charge in [0.2, 0.25) is 0 Å². The summed E-state index contributed by atoms with van der Waals surface area (Å²) in [5, 5.41) is 13.3. The number of carbonyl (C=O) groups is 3. The molecule has 10 heteroatoms. The lowest BCUT2D eigenvalue weighted by molar-refractivity contribution is -0.119. The zero-order chi connectivity index (χ0) is 28.3. The molecular formula is C29H25N3O6S. The van der Waals surface area contributed by atoms with E-state index in [9.17, 15) is 24.4 Å². The van der Waals surface area contributed by atoms with Crippen molar-refractivity contribution in [2.75, 3.05) is 18.5 Å². The van der Waals surface area contributed by atoms with E-state index in [1.54, 1.807) is 38.1 Å². The monoisotopic (exact) mass is 543 g/mol. The van der Waals surface area contributed by atoms with E-state index < -0.39 is 24.5 Å². The zero-order valence-corrected chi connectivity index (χ0v) is 22.6. The maximum atomic E-state index is 13.3. The summed E-state index contributed by atoms with van der Waals surface area (Å²) in [6, 6.07) is 16.5. The van der Waals surface area contributed by atoms with Gasteiger partial charge in [0.15, 0.2) is 6.61 Å². The minimum absolute atomic E-state index is 0.00429. The van der Waals surface area contributed by atoms with E-state index in [0.29, 0.717) is 27.5 Å². The Labute approximate surface area is 228 Å². The number of hydrogen-bond acceptors (Lipinski definition) is 8. The third-order valence-corrected chi connectivity index (χ3v) is 7.33. The van der Waals surface area contributed by atoms with Crippen LogP contribution in [0.25, 0.3) is 21.9 Å². The standard InChI is InChI=1S/C29H25N3O6S/c1-5-37-29(36)25-17(3)21(14-30)26(39-25)31-22(33)15-38-28(35)24-23(18-12-10-16(2)11-13-18)19-8-6-7-9-20(19)27(34)32(24)4/h6-13H,5,15H2,1-4H3,(H,31,33). The molecule has 198 valence electrons. The van der Waals surface area contributed by atoms with Crippen molar-refractivity contribution in [3.63, 3.8) is 0 Å². The van der Waals surface area contributed by atoms with E-state index in [0.717, 1.165) is 16.9 Å². The summed E-state index contributed by atoms with van der Waals surface area (Å²) >= 11 is 0.909. The fourth-order valence-corrected chi connectivity index (χ4v) is 5.27. The molecule has 1 amide bonds. The molecule has 2 aromatic heterocycles. The molecule has 9 nitrogen and oxygen atoms in total. The number of anilines is 1. The number of nitrogens with zero attached hydrogens (tertiary/aromatic N) is 2. The van der Waals surface area contributed by atoms with Gasteiger partial charge in [-0.2, -0.15) is 5.26 Å². The van der Waals surface area contributed by atoms with Gasteiger partial charge < -0.3 is 19.4 Å². The molecule has 4 rings (SSSR count). The number of fused-ring (bicyclic) bond motifs is 1. The minimum atomic E-state index is -0.860. The second-order valence-electron chi connectivity index (χ2n) is 8.72. The number of carbonyl (C=O) groups excluding carboxylic acids is 3. The van der Waals surface area contributed by atoms with Crippen LogP contribution in [-0.2, 0) is 21.3 Å². The van der Waals surface area contributed by atoms with Crippen LogP contribution in [0, 0.1) is 25.2 Å². The van der Waals surface area contributed by atoms with Crippen molar-refractivity contribution >= 4 is 45.0 Å². The molecule has 2 heterocycles. The first-order chi connectivity index (χ1) is 18.7. The molecule has 0 aliphatic rings. The molecular weight excluding hydrogens is 518 g/mol. The molecule has 4 aromatic rings. The van der Waals surface area contributed by atoms with Crippen molar-refractivity contribution in [2.45, 2.75) is 20.8 Å². The molecule has 39 heavy (non-hydrogen) atoms. The van der Waals surface area contributed by atoms with Crippen molar-refractivity contribution < 1.29 is 23.9 Å². The number of aryl methyl sites for hydroxylation is 1. The minimum Gasteiger partial charge on any atom is -0.462 e. The highest BCUT2D eigenvalue weighted by Crippen LogP contribution is 2.33. The Bertz CT molecular complexity index is 1710. The maximum Gasteiger partial charge on any atom is 0.356 e. The molecule has 0 aliphatic carbocycles. The molecule has 1 N–H and O–H groups in total. The molecule has 0 saturated heterocycles. The van der Waals surface area contributed by atoms with Gasteiger partial charge in [-0.05, 0) is 43.4 Å². The van der Waals surface area contributed by atoms with Crippen LogP contribution in [0.15, 0.2) is 53.3 Å². The van der Waals surface area contributed by atoms with Crippen LogP contribution >= 0.6 is 11.3 Å². The molecule has 2 aromatic carbocycles. The summed E-state index contributed by atoms with van der Waals surface area (Å²) in [6.07, 6.45) is 0. The number of ether oxygens (including phenoxy) is 2. The third kappa shape index (κ3) is 5.30. The first-order valence-electron chi connectivity index (χ1n) is 12.0. The van der Waals surface area contributed by atoms with Crippen LogP contribution in [0.3, 0.4) is 0 Å². The third-order valence-electron chi connectivity index (χ3n) is 6.14. The van der Waals surface area contributed by atoms with Gasteiger partial charge in [0.25, 0.3) is 11.5 Å². The Balaban J connectivity index is 1.64. The van der Waals surface area contributed by atoms with E-state index in [1.165, 1.54) is 11.6 Å². The Morgan fingerprint density at radius 1 is 1.00 bits per heavy atom. The van der Waals surface area contributed by atoms with E-state index >= 15 is 0 Å². The van der Waals surface area contributed by atoms with Gasteiger partial charge in [-0.1, -0.05) is 48.0 Å². The normalized spacial score (nSPS) is 10.6. The fraction of sp³-hybridized carbons (Fsp3) is 0.207. The second kappa shape index (κ2) is 11.3. The number of thiophene rings is 1. The van der Waals surface area contributed by atoms with E-state index in [-0.39, 0.29) is 33.3 Å². The number of rotatable bonds is 7. The molecule has 0 atom stereocenters. The lowest BCUT2D eigenvalue weighted by Crippen LogP contribution is -2.28. The van der Waals surface area contributed by atoms with Crippen LogP contribution in [0.1, 0.15) is 43.8 Å². The summed E-state index contributed by atoms with van der Waals surface area (Å²) < 4.78 is 11.6. The van der Waals surface area contributed by atoms with Crippen LogP contribution < -0.4 is 10.9 Å². The van der Waals surface area contributed by atoms with Gasteiger partial charge >= 0.3 is 11.9 Å². The second-order valence-corrected chi connectivity index (χ2v) is 9.74. The maximum absolute atomic E-state index is 13.3. The summed E-state index contributed by atoms with van der Waals surface area (Å²) in [6.45, 7) is 4.68. The lowest BCUT2D eigenvalue weighted by Gasteiger charge is -2.17. The van der Waals surface area contributed by atoms with Crippen LogP contribution in [0.4, 0.5) is 5.00 Å². The first-order valence-corrected chi connectivity index (χ1v) is 12.9. The summed E-state index contributed by atoms with van der Waals surface area (Å²) in [5.41, 5.74) is 2.39. The van der Waals surface area contributed by atoms with Crippen LogP contribution in [0.2, 0.25) is 0 Å². The number of nitriles is 1. The van der Waals surface area contributed by atoms with Gasteiger partial charge in [0, 0.05) is 18.0 Å². The number of hydrogen-bond donors (Lipinski definition) is 1. The Morgan fingerprint density at radius 3 is 2.31 bits per heavy atom. The highest BCUT2D eigenvalue weighted by molar-refractivity contribution is 7.18. The molecule has 0 unspecified atom stereocenters. The van der Waals surface area contributed by atoms with Crippen LogP contribution in [-0.4, -0.2) is 35.6 Å². The zero-order valence-electron chi connectivity index (χ0n) is 21.8. The van der Waals surface area contributed by atoms with Gasteiger partial charge in [0.05, 0.1) is 12.2 Å². The molecule has 0 fully saturated rings. The van der Waals surface area contributed by atoms with E-state index in [2.05, 4.69) is 5.32 Å². The molecule has 0 bridgehead atoms. The number of nitrogens with one attached hydrogen (secondary N) is 1. The summed E-state index contributed by atoms with van der Waals surface area (Å²) in [4.78, 5) is 51.5. The fourth-order valence-electron chi connectivity index (χ4n) is 4.21. The topological polar surface area (TPSA) is 127 Å². The molecule has 0 saturated carbocycles. The van der Waals surface area contributed by atoms with Gasteiger partial charge in [-0.15, -0.1) is 11.3 Å². The predicted molar refractivity (Wildman–Crippen MR) is 148 cm³/mol. The van der Waals surface area contributed by atoms with Crippen molar-refractivity contribution in [1.82, 2.24) is 4.57 Å². The first kappa shape index (κ1) is 27.3. The Hall–Kier alpha value is -4.75. The summed E-state index contributed by atoms with van der Waals surface area (Å²) in [7, 11) is 1.48. The number of pyridine rings is 1. The number of benzene rings is 2. The van der Waals surface area contributed by atoms with Crippen molar-refractivity contribution in [3.05, 3.63) is 86.1 Å². The van der Waals surface area contributed by atoms with Crippen LogP contribution in [0.5, 0.6) is 0 Å². The number of amides is 1. The lowest BCUT2D eigenvalue weighted by atomic mass is 9.96. The quantitative estimate of drug-likeness (QED) is 0.334. The van der Waals surface area contributed by atoms with Crippen molar-refractivity contribution in [2.24, 2.45) is 7.05 Å². The molecule has 0 spiro atoms. The SMILES string of the molecule is CCOC(=O)c1sc(NC(=O)COC(=O)c2c(-c3ccc(C)cc3)c3ccccc3c(=O)n2C)c(C#N)c1C. The van der Waals surface area contributed by atoms with Crippen molar-refractivity contribution in [1.29, 1.82) is 5.26 Å².